The van der Waals surface area contributed by atoms with E-state index in [1.54, 1.807) is 0 Å². The van der Waals surface area contributed by atoms with E-state index in [0.29, 0.717) is 0 Å². The second-order valence-corrected chi connectivity index (χ2v) is 32.6. The van der Waals surface area contributed by atoms with Gasteiger partial charge in [-0.25, -0.2) is 0 Å². The van der Waals surface area contributed by atoms with Crippen LogP contribution in [-0.4, -0.2) is 6.71 Å². The molecule has 0 aromatic heterocycles. The molecule has 0 spiro atoms. The van der Waals surface area contributed by atoms with Crippen molar-refractivity contribution in [1.82, 2.24) is 0 Å². The van der Waals surface area contributed by atoms with E-state index in [4.69, 9.17) is 0 Å². The number of rotatable bonds is 5. The van der Waals surface area contributed by atoms with Crippen molar-refractivity contribution >= 4 is 74.3 Å². The van der Waals surface area contributed by atoms with E-state index in [9.17, 15) is 0 Å². The minimum Gasteiger partial charge on any atom is -0.311 e. The quantitative estimate of drug-likeness (QED) is 0.159. The lowest BCUT2D eigenvalue weighted by molar-refractivity contribution is 0.520. The third-order valence-corrected chi connectivity index (χ3v) is 24.6. The normalized spacial score (nSPS) is 18.6. The van der Waals surface area contributed by atoms with Crippen molar-refractivity contribution in [3.05, 3.63) is 320 Å². The van der Waals surface area contributed by atoms with E-state index >= 15 is 0 Å². The number of anilines is 9. The summed E-state index contributed by atoms with van der Waals surface area (Å²) in [6.45, 7) is 39.2. The Hall–Kier alpha value is -9.12. The second-order valence-electron chi connectivity index (χ2n) is 32.6. The topological polar surface area (TPSA) is 9.72 Å². The fourth-order valence-electron chi connectivity index (χ4n) is 19.3. The first-order valence-electron chi connectivity index (χ1n) is 34.4. The van der Waals surface area contributed by atoms with Gasteiger partial charge in [-0.05, 0) is 178 Å². The van der Waals surface area contributed by atoms with E-state index < -0.39 is 0 Å². The Morgan fingerprint density at radius 3 is 0.766 bits per heavy atom. The Bertz CT molecular complexity index is 4740. The lowest BCUT2D eigenvalue weighted by atomic mass is 9.32. The van der Waals surface area contributed by atoms with E-state index in [1.807, 2.05) is 0 Å². The molecule has 17 rings (SSSR count). The van der Waals surface area contributed by atoms with Crippen LogP contribution in [0, 0.1) is 0 Å². The Morgan fingerprint density at radius 2 is 0.468 bits per heavy atom. The molecule has 94 heavy (non-hydrogen) atoms. The molecule has 0 unspecified atom stereocenters. The molecule has 11 aromatic rings. The van der Waals surface area contributed by atoms with Crippen LogP contribution in [0.25, 0.3) is 0 Å². The molecule has 2 heterocycles. The number of para-hydroxylation sites is 2. The molecule has 0 atom stereocenters. The number of benzene rings is 11. The first-order chi connectivity index (χ1) is 44.7. The molecule has 0 fully saturated rings. The van der Waals surface area contributed by atoms with Crippen molar-refractivity contribution in [1.29, 1.82) is 0 Å². The van der Waals surface area contributed by atoms with Gasteiger partial charge in [0, 0.05) is 88.8 Å². The van der Waals surface area contributed by atoms with Crippen LogP contribution in [0.4, 0.5) is 51.2 Å². The molecule has 2 aliphatic heterocycles. The van der Waals surface area contributed by atoms with Crippen LogP contribution in [-0.2, 0) is 43.3 Å². The first-order valence-corrected chi connectivity index (χ1v) is 34.4. The zero-order valence-corrected chi connectivity index (χ0v) is 57.9. The van der Waals surface area contributed by atoms with Crippen molar-refractivity contribution in [2.75, 3.05) is 14.7 Å². The molecule has 11 aromatic carbocycles. The van der Waals surface area contributed by atoms with Gasteiger partial charge >= 0.3 is 0 Å². The van der Waals surface area contributed by atoms with Gasteiger partial charge in [0.15, 0.2) is 0 Å². The minimum atomic E-state index is -0.308. The molecule has 0 bridgehead atoms. The Morgan fingerprint density at radius 1 is 0.223 bits per heavy atom. The van der Waals surface area contributed by atoms with Crippen molar-refractivity contribution in [2.45, 2.75) is 154 Å². The summed E-state index contributed by atoms with van der Waals surface area (Å²) in [6, 6.07) is 90.3. The number of hydrogen-bond acceptors (Lipinski definition) is 3. The maximum atomic E-state index is 2.73. The molecular formula is C90H86BN3. The van der Waals surface area contributed by atoms with Crippen molar-refractivity contribution in [2.24, 2.45) is 0 Å². The highest BCUT2D eigenvalue weighted by atomic mass is 15.2. The fourth-order valence-corrected chi connectivity index (χ4v) is 19.3. The molecule has 464 valence electrons. The number of nitrogens with zero attached hydrogens (tertiary/aromatic N) is 3. The first kappa shape index (κ1) is 58.7. The van der Waals surface area contributed by atoms with Gasteiger partial charge in [0.25, 0.3) is 6.71 Å². The zero-order valence-electron chi connectivity index (χ0n) is 57.9. The molecule has 0 amide bonds. The lowest BCUT2D eigenvalue weighted by Gasteiger charge is -2.50. The lowest BCUT2D eigenvalue weighted by Crippen LogP contribution is -2.62. The summed E-state index contributed by atoms with van der Waals surface area (Å²) < 4.78 is 0. The van der Waals surface area contributed by atoms with Gasteiger partial charge in [0.2, 0.25) is 0 Å². The Labute approximate surface area is 559 Å². The smallest absolute Gasteiger partial charge is 0.252 e. The van der Waals surface area contributed by atoms with Gasteiger partial charge in [-0.1, -0.05) is 269 Å². The molecule has 0 N–H and O–H groups in total. The highest BCUT2D eigenvalue weighted by Crippen LogP contribution is 2.59. The predicted octanol–water partition coefficient (Wildman–Crippen LogP) is 21.1. The van der Waals surface area contributed by atoms with E-state index in [2.05, 4.69) is 356 Å². The van der Waals surface area contributed by atoms with Crippen molar-refractivity contribution in [3.63, 3.8) is 0 Å². The average molecular weight is 1220 g/mol. The largest absolute Gasteiger partial charge is 0.311 e. The maximum Gasteiger partial charge on any atom is 0.252 e. The summed E-state index contributed by atoms with van der Waals surface area (Å²) in [6.07, 6.45) is 0. The third kappa shape index (κ3) is 7.69. The van der Waals surface area contributed by atoms with Gasteiger partial charge in [-0.3, -0.25) is 0 Å². The molecule has 0 radical (unpaired) electrons. The monoisotopic (exact) mass is 1220 g/mol. The van der Waals surface area contributed by atoms with Crippen LogP contribution in [0.2, 0.25) is 0 Å². The zero-order chi connectivity index (χ0) is 65.3. The Balaban J connectivity index is 1.04. The molecular weight excluding hydrogens is 1130 g/mol. The minimum absolute atomic E-state index is 0.166. The SMILES string of the molecule is CC1(C)c2ccccc2C(C)(C)c2cc(N3c4cc5c(cc4B4c6cc7c(cc6N(c6ccc8c(c6)C(C)(C)c6ccccc6C8(C)C)c6cc(N(c8ccccc8)c8ccccc8)cc3c64)C(C)(C)c3ccccc3C7(C)C)C(C)(C)c3ccccc3C5(C)C)ccc21. The summed E-state index contributed by atoms with van der Waals surface area (Å²) in [4.78, 5) is 7.97. The fraction of sp³-hybridized carbons (Fsp3) is 0.267. The number of hydrogen-bond donors (Lipinski definition) is 0. The summed E-state index contributed by atoms with van der Waals surface area (Å²) in [5.41, 5.74) is 34.5. The van der Waals surface area contributed by atoms with Gasteiger partial charge in [0.05, 0.1) is 5.69 Å². The van der Waals surface area contributed by atoms with Crippen molar-refractivity contribution < 1.29 is 0 Å². The summed E-state index contributed by atoms with van der Waals surface area (Å²) >= 11 is 0. The van der Waals surface area contributed by atoms with Crippen LogP contribution < -0.4 is 31.1 Å². The highest BCUT2D eigenvalue weighted by Gasteiger charge is 2.52. The van der Waals surface area contributed by atoms with Crippen LogP contribution >= 0.6 is 0 Å². The molecule has 0 saturated carbocycles. The molecule has 4 aliphatic carbocycles. The van der Waals surface area contributed by atoms with Crippen LogP contribution in [0.1, 0.15) is 200 Å². The summed E-state index contributed by atoms with van der Waals surface area (Å²) in [5, 5.41) is 0. The van der Waals surface area contributed by atoms with Crippen LogP contribution in [0.3, 0.4) is 0 Å². The summed E-state index contributed by atoms with van der Waals surface area (Å²) in [7, 11) is 0. The molecule has 3 nitrogen and oxygen atoms in total. The second kappa shape index (κ2) is 19.3. The maximum absolute atomic E-state index is 2.73. The van der Waals surface area contributed by atoms with E-state index in [1.165, 1.54) is 140 Å². The molecule has 0 saturated heterocycles. The van der Waals surface area contributed by atoms with Gasteiger partial charge in [-0.2, -0.15) is 0 Å². The molecule has 4 heteroatoms. The average Bonchev–Trinajstić information content (AvgIpc) is 0.674. The van der Waals surface area contributed by atoms with E-state index in [0.717, 1.165) is 17.1 Å². The highest BCUT2D eigenvalue weighted by molar-refractivity contribution is 7.00. The van der Waals surface area contributed by atoms with E-state index in [-0.39, 0.29) is 50.0 Å². The number of fused-ring (bicyclic) bond motifs is 12. The standard InChI is InChI=1S/C90H86BN3/c1-83(2)60-35-23-25-37-62(60)85(5,6)70-47-57(43-45-68(70)83)93-78-53-74-72(87(9,10)64-39-27-29-41-66(64)89(74,13)14)51-76(78)91-77-52-73-75(90(15,16)67-42-30-28-40-65(67)88(73,11)12)54-79(77)94(58-44-46-69-71(48-58)86(7,8)63-38-26-24-36-61(63)84(69,3)4)81-50-59(49-80(93)82(81)91)92(55-31-19-17-20-32-55)56-33-21-18-22-34-56/h17-54H,1-16H3. The van der Waals surface area contributed by atoms with Crippen LogP contribution in [0.15, 0.2) is 231 Å². The van der Waals surface area contributed by atoms with Crippen LogP contribution in [0.5, 0.6) is 0 Å². The van der Waals surface area contributed by atoms with Crippen molar-refractivity contribution in [3.8, 4) is 0 Å². The third-order valence-electron chi connectivity index (χ3n) is 24.6. The van der Waals surface area contributed by atoms with Gasteiger partial charge < -0.3 is 14.7 Å². The predicted molar refractivity (Wildman–Crippen MR) is 398 cm³/mol. The molecule has 6 aliphatic rings. The Kier molecular flexibility index (Phi) is 12.0. The summed E-state index contributed by atoms with van der Waals surface area (Å²) in [5.74, 6) is 0. The van der Waals surface area contributed by atoms with Gasteiger partial charge in [-0.15, -0.1) is 0 Å². The van der Waals surface area contributed by atoms with Gasteiger partial charge in [0.1, 0.15) is 0 Å².